The highest BCUT2D eigenvalue weighted by molar-refractivity contribution is 7.99. The molecule has 3 N–H and O–H groups in total. The lowest BCUT2D eigenvalue weighted by Gasteiger charge is -2.07. The first kappa shape index (κ1) is 16.4. The highest BCUT2D eigenvalue weighted by atomic mass is 32.2. The number of hydrogen-bond acceptors (Lipinski definition) is 4. The fraction of sp³-hybridized carbons (Fsp3) is 0.400. The molecule has 1 fully saturated rings. The highest BCUT2D eigenvalue weighted by Crippen LogP contribution is 2.18. The summed E-state index contributed by atoms with van der Waals surface area (Å²) in [6, 6.07) is 8.19. The lowest BCUT2D eigenvalue weighted by Crippen LogP contribution is -2.49. The SMILES string of the molecule is Cc1ccc(CSCC(=O)NNC(=O)C(=O)NC2CC2)cc1. The van der Waals surface area contributed by atoms with E-state index < -0.39 is 11.8 Å². The van der Waals surface area contributed by atoms with Crippen LogP contribution in [0.2, 0.25) is 0 Å². The summed E-state index contributed by atoms with van der Waals surface area (Å²) in [7, 11) is 0. The normalized spacial score (nSPS) is 13.3. The summed E-state index contributed by atoms with van der Waals surface area (Å²) in [5, 5.41) is 2.54. The van der Waals surface area contributed by atoms with E-state index in [1.165, 1.54) is 17.3 Å². The van der Waals surface area contributed by atoms with Crippen molar-refractivity contribution in [2.75, 3.05) is 5.75 Å². The number of carbonyl (C=O) groups excluding carboxylic acids is 3. The van der Waals surface area contributed by atoms with Crippen LogP contribution >= 0.6 is 11.8 Å². The second-order valence-electron chi connectivity index (χ2n) is 5.23. The number of amides is 3. The predicted octanol–water partition coefficient (Wildman–Crippen LogP) is 0.654. The van der Waals surface area contributed by atoms with Crippen LogP contribution in [0.25, 0.3) is 0 Å². The average molecular weight is 321 g/mol. The molecule has 0 heterocycles. The molecule has 3 amide bonds. The van der Waals surface area contributed by atoms with Gasteiger partial charge in [-0.2, -0.15) is 0 Å². The number of carbonyl (C=O) groups is 3. The molecule has 118 valence electrons. The molecule has 1 aromatic rings. The number of hydrazine groups is 1. The molecule has 0 unspecified atom stereocenters. The smallest absolute Gasteiger partial charge is 0.327 e. The molecule has 6 nitrogen and oxygen atoms in total. The maximum atomic E-state index is 11.6. The number of hydrogen-bond donors (Lipinski definition) is 3. The van der Waals surface area contributed by atoms with Crippen molar-refractivity contribution in [3.8, 4) is 0 Å². The molecule has 0 atom stereocenters. The van der Waals surface area contributed by atoms with Gasteiger partial charge in [0.2, 0.25) is 5.91 Å². The molecule has 0 spiro atoms. The van der Waals surface area contributed by atoms with E-state index >= 15 is 0 Å². The van der Waals surface area contributed by atoms with Crippen LogP contribution in [0.15, 0.2) is 24.3 Å². The van der Waals surface area contributed by atoms with E-state index in [1.807, 2.05) is 31.2 Å². The van der Waals surface area contributed by atoms with Crippen molar-refractivity contribution in [2.24, 2.45) is 0 Å². The minimum atomic E-state index is -0.844. The van der Waals surface area contributed by atoms with Crippen LogP contribution in [-0.4, -0.2) is 29.5 Å². The first-order valence-corrected chi connectivity index (χ1v) is 8.23. The van der Waals surface area contributed by atoms with Crippen molar-refractivity contribution < 1.29 is 14.4 Å². The molecule has 1 saturated carbocycles. The van der Waals surface area contributed by atoms with Gasteiger partial charge in [-0.3, -0.25) is 25.2 Å². The molecule has 0 radical (unpaired) electrons. The molecule has 1 aliphatic carbocycles. The Morgan fingerprint density at radius 3 is 2.41 bits per heavy atom. The third kappa shape index (κ3) is 5.77. The Morgan fingerprint density at radius 1 is 1.09 bits per heavy atom. The van der Waals surface area contributed by atoms with Gasteiger partial charge in [-0.05, 0) is 25.3 Å². The van der Waals surface area contributed by atoms with Gasteiger partial charge in [-0.25, -0.2) is 0 Å². The fourth-order valence-corrected chi connectivity index (χ4v) is 2.43. The summed E-state index contributed by atoms with van der Waals surface area (Å²) in [4.78, 5) is 34.3. The number of thioether (sulfide) groups is 1. The maximum absolute atomic E-state index is 11.6. The fourth-order valence-electron chi connectivity index (χ4n) is 1.64. The van der Waals surface area contributed by atoms with Gasteiger partial charge in [-0.15, -0.1) is 11.8 Å². The van der Waals surface area contributed by atoms with E-state index in [0.717, 1.165) is 18.4 Å². The van der Waals surface area contributed by atoms with Crippen LogP contribution in [0.1, 0.15) is 24.0 Å². The molecule has 1 aliphatic rings. The van der Waals surface area contributed by atoms with Crippen LogP contribution in [0, 0.1) is 6.92 Å². The summed E-state index contributed by atoms with van der Waals surface area (Å²) in [5.41, 5.74) is 6.67. The molecule has 7 heteroatoms. The van der Waals surface area contributed by atoms with Gasteiger partial charge in [0.05, 0.1) is 5.75 Å². The van der Waals surface area contributed by atoms with Crippen molar-refractivity contribution in [2.45, 2.75) is 31.6 Å². The average Bonchev–Trinajstić information content (AvgIpc) is 3.30. The monoisotopic (exact) mass is 321 g/mol. The first-order valence-electron chi connectivity index (χ1n) is 7.07. The topological polar surface area (TPSA) is 87.3 Å². The second kappa shape index (κ2) is 7.84. The summed E-state index contributed by atoms with van der Waals surface area (Å²) < 4.78 is 0. The third-order valence-corrected chi connectivity index (χ3v) is 4.06. The maximum Gasteiger partial charge on any atom is 0.327 e. The van der Waals surface area contributed by atoms with Gasteiger partial charge >= 0.3 is 11.8 Å². The van der Waals surface area contributed by atoms with Crippen molar-refractivity contribution >= 4 is 29.5 Å². The van der Waals surface area contributed by atoms with E-state index in [9.17, 15) is 14.4 Å². The molecule has 0 saturated heterocycles. The van der Waals surface area contributed by atoms with Gasteiger partial charge in [0, 0.05) is 11.8 Å². The van der Waals surface area contributed by atoms with Gasteiger partial charge in [-0.1, -0.05) is 29.8 Å². The Hall–Kier alpha value is -2.02. The molecule has 1 aromatic carbocycles. The Kier molecular flexibility index (Phi) is 5.83. The Bertz CT molecular complexity index is 556. The highest BCUT2D eigenvalue weighted by Gasteiger charge is 2.26. The molecule has 0 bridgehead atoms. The summed E-state index contributed by atoms with van der Waals surface area (Å²) >= 11 is 1.44. The van der Waals surface area contributed by atoms with E-state index in [0.29, 0.717) is 5.75 Å². The minimum absolute atomic E-state index is 0.110. The van der Waals surface area contributed by atoms with Crippen molar-refractivity contribution in [1.82, 2.24) is 16.2 Å². The molecule has 0 aromatic heterocycles. The van der Waals surface area contributed by atoms with Crippen molar-refractivity contribution in [3.63, 3.8) is 0 Å². The van der Waals surface area contributed by atoms with Gasteiger partial charge in [0.25, 0.3) is 0 Å². The minimum Gasteiger partial charge on any atom is -0.345 e. The summed E-state index contributed by atoms with van der Waals surface area (Å²) in [6.45, 7) is 2.02. The Morgan fingerprint density at radius 2 is 1.77 bits per heavy atom. The zero-order chi connectivity index (χ0) is 15.9. The zero-order valence-electron chi connectivity index (χ0n) is 12.3. The van der Waals surface area contributed by atoms with Crippen LogP contribution in [0.4, 0.5) is 0 Å². The van der Waals surface area contributed by atoms with Crippen LogP contribution in [0.5, 0.6) is 0 Å². The zero-order valence-corrected chi connectivity index (χ0v) is 13.2. The van der Waals surface area contributed by atoms with Crippen molar-refractivity contribution in [1.29, 1.82) is 0 Å². The molecule has 22 heavy (non-hydrogen) atoms. The Labute approximate surface area is 133 Å². The first-order chi connectivity index (χ1) is 10.5. The van der Waals surface area contributed by atoms with Crippen LogP contribution < -0.4 is 16.2 Å². The predicted molar refractivity (Wildman–Crippen MR) is 84.8 cm³/mol. The van der Waals surface area contributed by atoms with E-state index in [4.69, 9.17) is 0 Å². The number of rotatable bonds is 5. The van der Waals surface area contributed by atoms with Gasteiger partial charge < -0.3 is 5.32 Å². The quantitative estimate of drug-likeness (QED) is 0.549. The molecule has 2 rings (SSSR count). The molecular formula is C15H19N3O3S. The van der Waals surface area contributed by atoms with Gasteiger partial charge in [0.1, 0.15) is 0 Å². The lowest BCUT2D eigenvalue weighted by atomic mass is 10.2. The third-order valence-electron chi connectivity index (χ3n) is 3.06. The van der Waals surface area contributed by atoms with Crippen molar-refractivity contribution in [3.05, 3.63) is 35.4 Å². The number of benzene rings is 1. The number of aryl methyl sites for hydroxylation is 1. The van der Waals surface area contributed by atoms with E-state index in [1.54, 1.807) is 0 Å². The van der Waals surface area contributed by atoms with E-state index in [-0.39, 0.29) is 17.7 Å². The summed E-state index contributed by atoms with van der Waals surface area (Å²) in [5.74, 6) is -0.981. The Balaban J connectivity index is 1.59. The van der Waals surface area contributed by atoms with Crippen LogP contribution in [0.3, 0.4) is 0 Å². The van der Waals surface area contributed by atoms with Crippen LogP contribution in [-0.2, 0) is 20.1 Å². The number of nitrogens with one attached hydrogen (secondary N) is 3. The largest absolute Gasteiger partial charge is 0.345 e. The standard InChI is InChI=1S/C15H19N3O3S/c1-10-2-4-11(5-3-10)8-22-9-13(19)17-18-15(21)14(20)16-12-6-7-12/h2-5,12H,6-9H2,1H3,(H,16,20)(H,17,19)(H,18,21). The van der Waals surface area contributed by atoms with Gasteiger partial charge in [0.15, 0.2) is 0 Å². The summed E-state index contributed by atoms with van der Waals surface area (Å²) in [6.07, 6.45) is 1.81. The van der Waals surface area contributed by atoms with E-state index in [2.05, 4.69) is 16.2 Å². The molecular weight excluding hydrogens is 302 g/mol. The molecule has 0 aliphatic heterocycles. The second-order valence-corrected chi connectivity index (χ2v) is 6.21. The lowest BCUT2D eigenvalue weighted by molar-refractivity contribution is -0.140.